The largest absolute Gasteiger partial charge is 0.298 e. The van der Waals surface area contributed by atoms with E-state index >= 15 is 0 Å². The van der Waals surface area contributed by atoms with Crippen molar-refractivity contribution in [2.45, 2.75) is 13.1 Å². The Morgan fingerprint density at radius 1 is 0.840 bits per heavy atom. The Morgan fingerprint density at radius 2 is 1.60 bits per heavy atom. The maximum absolute atomic E-state index is 4.49. The van der Waals surface area contributed by atoms with Gasteiger partial charge in [0, 0.05) is 24.8 Å². The summed E-state index contributed by atoms with van der Waals surface area (Å²) in [7, 11) is 2.15. The van der Waals surface area contributed by atoms with Gasteiger partial charge >= 0.3 is 0 Å². The van der Waals surface area contributed by atoms with Gasteiger partial charge in [-0.05, 0) is 35.5 Å². The SMILES string of the molecule is CN(Cc1cnn(-c2ccccc2)c1)Cc1cccc2ccccc12. The molecule has 0 bridgehead atoms. The fourth-order valence-corrected chi connectivity index (χ4v) is 3.25. The van der Waals surface area contributed by atoms with Gasteiger partial charge in [0.25, 0.3) is 0 Å². The number of fused-ring (bicyclic) bond motifs is 1. The number of aromatic nitrogens is 2. The third-order valence-electron chi connectivity index (χ3n) is 4.43. The van der Waals surface area contributed by atoms with Crippen LogP contribution in [0.4, 0.5) is 0 Å². The van der Waals surface area contributed by atoms with Gasteiger partial charge < -0.3 is 0 Å². The van der Waals surface area contributed by atoms with Gasteiger partial charge in [-0.2, -0.15) is 5.10 Å². The van der Waals surface area contributed by atoms with Gasteiger partial charge in [0.2, 0.25) is 0 Å². The maximum atomic E-state index is 4.49. The molecule has 0 saturated carbocycles. The highest BCUT2D eigenvalue weighted by molar-refractivity contribution is 5.85. The molecule has 0 fully saturated rings. The van der Waals surface area contributed by atoms with Crippen molar-refractivity contribution in [3.63, 3.8) is 0 Å². The molecule has 4 aromatic rings. The van der Waals surface area contributed by atoms with E-state index in [0.717, 1.165) is 18.8 Å². The third-order valence-corrected chi connectivity index (χ3v) is 4.43. The zero-order valence-corrected chi connectivity index (χ0v) is 14.3. The van der Waals surface area contributed by atoms with E-state index in [0.29, 0.717) is 0 Å². The van der Waals surface area contributed by atoms with Crippen LogP contribution >= 0.6 is 0 Å². The van der Waals surface area contributed by atoms with Gasteiger partial charge in [-0.25, -0.2) is 4.68 Å². The molecule has 25 heavy (non-hydrogen) atoms. The Balaban J connectivity index is 1.49. The Kier molecular flexibility index (Phi) is 4.32. The molecule has 0 aliphatic rings. The van der Waals surface area contributed by atoms with E-state index in [1.807, 2.05) is 29.1 Å². The van der Waals surface area contributed by atoms with Crippen molar-refractivity contribution in [2.75, 3.05) is 7.05 Å². The third kappa shape index (κ3) is 3.47. The summed E-state index contributed by atoms with van der Waals surface area (Å²) in [5.41, 5.74) is 3.66. The molecule has 0 unspecified atom stereocenters. The van der Waals surface area contributed by atoms with Crippen molar-refractivity contribution in [1.82, 2.24) is 14.7 Å². The van der Waals surface area contributed by atoms with Crippen LogP contribution in [-0.4, -0.2) is 21.7 Å². The topological polar surface area (TPSA) is 21.1 Å². The van der Waals surface area contributed by atoms with Crippen LogP contribution in [-0.2, 0) is 13.1 Å². The minimum absolute atomic E-state index is 0.871. The second kappa shape index (κ2) is 6.91. The van der Waals surface area contributed by atoms with Crippen LogP contribution in [0.25, 0.3) is 16.5 Å². The van der Waals surface area contributed by atoms with E-state index in [4.69, 9.17) is 0 Å². The van der Waals surface area contributed by atoms with Gasteiger partial charge in [0.1, 0.15) is 0 Å². The second-order valence-corrected chi connectivity index (χ2v) is 6.44. The van der Waals surface area contributed by atoms with Crippen molar-refractivity contribution in [2.24, 2.45) is 0 Å². The summed E-state index contributed by atoms with van der Waals surface area (Å²) in [6.45, 7) is 1.79. The molecule has 3 aromatic carbocycles. The minimum atomic E-state index is 0.871. The molecule has 3 heteroatoms. The van der Waals surface area contributed by atoms with E-state index in [2.05, 4.69) is 77.8 Å². The molecule has 1 aromatic heterocycles. The van der Waals surface area contributed by atoms with E-state index < -0.39 is 0 Å². The Morgan fingerprint density at radius 3 is 2.48 bits per heavy atom. The van der Waals surface area contributed by atoms with Crippen LogP contribution in [0.5, 0.6) is 0 Å². The van der Waals surface area contributed by atoms with Crippen LogP contribution in [0.15, 0.2) is 85.2 Å². The predicted octanol–water partition coefficient (Wildman–Crippen LogP) is 4.66. The average Bonchev–Trinajstić information content (AvgIpc) is 3.11. The highest BCUT2D eigenvalue weighted by Gasteiger charge is 2.07. The molecule has 0 N–H and O–H groups in total. The summed E-state index contributed by atoms with van der Waals surface area (Å²) in [6.07, 6.45) is 4.06. The Bertz CT molecular complexity index is 967. The first-order valence-electron chi connectivity index (χ1n) is 8.54. The van der Waals surface area contributed by atoms with E-state index in [1.54, 1.807) is 0 Å². The molecule has 4 rings (SSSR count). The van der Waals surface area contributed by atoms with Crippen molar-refractivity contribution in [1.29, 1.82) is 0 Å². The summed E-state index contributed by atoms with van der Waals surface area (Å²) < 4.78 is 1.93. The molecule has 0 amide bonds. The van der Waals surface area contributed by atoms with Crippen LogP contribution in [0, 0.1) is 0 Å². The summed E-state index contributed by atoms with van der Waals surface area (Å²) in [6, 6.07) is 25.3. The highest BCUT2D eigenvalue weighted by atomic mass is 15.3. The fourth-order valence-electron chi connectivity index (χ4n) is 3.25. The normalized spacial score (nSPS) is 11.3. The number of hydrogen-bond donors (Lipinski definition) is 0. The van der Waals surface area contributed by atoms with Crippen LogP contribution in [0.2, 0.25) is 0 Å². The fraction of sp³-hybridized carbons (Fsp3) is 0.136. The van der Waals surface area contributed by atoms with Crippen LogP contribution in [0.1, 0.15) is 11.1 Å². The lowest BCUT2D eigenvalue weighted by Gasteiger charge is -2.17. The summed E-state index contributed by atoms with van der Waals surface area (Å²) >= 11 is 0. The number of para-hydroxylation sites is 1. The zero-order chi connectivity index (χ0) is 17.1. The molecule has 0 atom stereocenters. The lowest BCUT2D eigenvalue weighted by Crippen LogP contribution is -2.17. The first-order valence-corrected chi connectivity index (χ1v) is 8.54. The quantitative estimate of drug-likeness (QED) is 0.532. The second-order valence-electron chi connectivity index (χ2n) is 6.44. The van der Waals surface area contributed by atoms with Gasteiger partial charge in [-0.1, -0.05) is 60.7 Å². The summed E-state index contributed by atoms with van der Waals surface area (Å²) in [5.74, 6) is 0. The zero-order valence-electron chi connectivity index (χ0n) is 14.3. The van der Waals surface area contributed by atoms with E-state index in [-0.39, 0.29) is 0 Å². The molecule has 1 heterocycles. The smallest absolute Gasteiger partial charge is 0.0645 e. The molecule has 0 aliphatic carbocycles. The molecular weight excluding hydrogens is 306 g/mol. The minimum Gasteiger partial charge on any atom is -0.298 e. The lowest BCUT2D eigenvalue weighted by molar-refractivity contribution is 0.320. The van der Waals surface area contributed by atoms with E-state index in [9.17, 15) is 0 Å². The molecule has 0 aliphatic heterocycles. The molecule has 3 nitrogen and oxygen atoms in total. The number of benzene rings is 3. The standard InChI is InChI=1S/C22H21N3/c1-24(17-20-10-7-9-19-8-5-6-13-22(19)20)15-18-14-23-25(16-18)21-11-3-2-4-12-21/h2-14,16H,15,17H2,1H3. The van der Waals surface area contributed by atoms with Gasteiger partial charge in [0.15, 0.2) is 0 Å². The Labute approximate surface area is 148 Å². The number of hydrogen-bond acceptors (Lipinski definition) is 2. The number of nitrogens with zero attached hydrogens (tertiary/aromatic N) is 3. The Hall–Kier alpha value is -2.91. The summed E-state index contributed by atoms with van der Waals surface area (Å²) in [4.78, 5) is 2.33. The van der Waals surface area contributed by atoms with Crippen molar-refractivity contribution in [3.05, 3.63) is 96.3 Å². The molecular formula is C22H21N3. The average molecular weight is 327 g/mol. The lowest BCUT2D eigenvalue weighted by atomic mass is 10.0. The first kappa shape index (κ1) is 15.6. The van der Waals surface area contributed by atoms with Crippen LogP contribution in [0.3, 0.4) is 0 Å². The van der Waals surface area contributed by atoms with Gasteiger partial charge in [-0.3, -0.25) is 4.90 Å². The monoisotopic (exact) mass is 327 g/mol. The molecule has 0 spiro atoms. The molecule has 0 saturated heterocycles. The molecule has 124 valence electrons. The van der Waals surface area contributed by atoms with Crippen molar-refractivity contribution < 1.29 is 0 Å². The number of rotatable bonds is 5. The van der Waals surface area contributed by atoms with E-state index in [1.165, 1.54) is 21.9 Å². The maximum Gasteiger partial charge on any atom is 0.0645 e. The predicted molar refractivity (Wildman–Crippen MR) is 103 cm³/mol. The highest BCUT2D eigenvalue weighted by Crippen LogP contribution is 2.20. The van der Waals surface area contributed by atoms with Crippen molar-refractivity contribution >= 4 is 10.8 Å². The van der Waals surface area contributed by atoms with Gasteiger partial charge in [0.05, 0.1) is 11.9 Å². The molecule has 0 radical (unpaired) electrons. The van der Waals surface area contributed by atoms with Gasteiger partial charge in [-0.15, -0.1) is 0 Å². The van der Waals surface area contributed by atoms with Crippen LogP contribution < -0.4 is 0 Å². The van der Waals surface area contributed by atoms with Crippen molar-refractivity contribution in [3.8, 4) is 5.69 Å². The summed E-state index contributed by atoms with van der Waals surface area (Å²) in [5, 5.41) is 7.11. The first-order chi connectivity index (χ1) is 12.3.